The zero-order valence-corrected chi connectivity index (χ0v) is 16.6. The minimum Gasteiger partial charge on any atom is -0.464 e. The maximum atomic E-state index is 12.0. The van der Waals surface area contributed by atoms with Crippen LogP contribution < -0.4 is 15.4 Å². The number of hydrogen-bond acceptors (Lipinski definition) is 6. The Morgan fingerprint density at radius 3 is 2.72 bits per heavy atom. The van der Waals surface area contributed by atoms with E-state index in [1.165, 1.54) is 35.3 Å². The predicted octanol–water partition coefficient (Wildman–Crippen LogP) is 2.39. The van der Waals surface area contributed by atoms with Crippen molar-refractivity contribution < 1.29 is 18.3 Å². The smallest absolute Gasteiger partial charge is 0.418 e. The van der Waals surface area contributed by atoms with Crippen molar-refractivity contribution in [1.82, 2.24) is 14.1 Å². The van der Waals surface area contributed by atoms with Crippen LogP contribution in [0.15, 0.2) is 47.6 Å². The lowest BCUT2D eigenvalue weighted by Crippen LogP contribution is -2.29. The van der Waals surface area contributed by atoms with E-state index in [0.29, 0.717) is 18.2 Å². The summed E-state index contributed by atoms with van der Waals surface area (Å²) in [6.45, 7) is 0.499. The molecule has 0 saturated heterocycles. The SMILES string of the molecule is CN(Cc1cn2cc(C3CC3)ccc2n1)c1ccc(S(=O)(=O)NC(=O)O)c(N)c1. The van der Waals surface area contributed by atoms with Crippen molar-refractivity contribution in [1.29, 1.82) is 0 Å². The fourth-order valence-corrected chi connectivity index (χ4v) is 4.27. The molecule has 1 aliphatic carbocycles. The molecule has 29 heavy (non-hydrogen) atoms. The highest BCUT2D eigenvalue weighted by Crippen LogP contribution is 2.39. The lowest BCUT2D eigenvalue weighted by Gasteiger charge is -2.19. The first kappa shape index (κ1) is 19.1. The fraction of sp³-hybridized carbons (Fsp3) is 0.263. The number of sulfonamides is 1. The molecular formula is C19H21N5O4S. The summed E-state index contributed by atoms with van der Waals surface area (Å²) in [5.41, 5.74) is 9.59. The number of rotatable bonds is 6. The number of nitrogens with zero attached hydrogens (tertiary/aromatic N) is 3. The van der Waals surface area contributed by atoms with Gasteiger partial charge in [-0.1, -0.05) is 6.07 Å². The molecule has 1 amide bonds. The van der Waals surface area contributed by atoms with Gasteiger partial charge in [0.05, 0.1) is 17.9 Å². The van der Waals surface area contributed by atoms with E-state index in [2.05, 4.69) is 17.2 Å². The Morgan fingerprint density at radius 2 is 2.07 bits per heavy atom. The summed E-state index contributed by atoms with van der Waals surface area (Å²) in [4.78, 5) is 16.9. The van der Waals surface area contributed by atoms with E-state index >= 15 is 0 Å². The number of fused-ring (bicyclic) bond motifs is 1. The minimum absolute atomic E-state index is 0.0350. The zero-order chi connectivity index (χ0) is 20.8. The second-order valence-corrected chi connectivity index (χ2v) is 8.87. The Morgan fingerprint density at radius 1 is 1.31 bits per heavy atom. The first-order valence-corrected chi connectivity index (χ1v) is 10.6. The third-order valence-corrected chi connectivity index (χ3v) is 6.31. The Labute approximate surface area is 167 Å². The number of nitrogen functional groups attached to an aromatic ring is 1. The van der Waals surface area contributed by atoms with Crippen LogP contribution >= 0.6 is 0 Å². The molecule has 9 nitrogen and oxygen atoms in total. The second-order valence-electron chi connectivity index (χ2n) is 7.22. The van der Waals surface area contributed by atoms with E-state index < -0.39 is 16.1 Å². The second kappa shape index (κ2) is 6.96. The number of imidazole rings is 1. The van der Waals surface area contributed by atoms with Crippen LogP contribution in [0.25, 0.3) is 5.65 Å². The number of anilines is 2. The summed E-state index contributed by atoms with van der Waals surface area (Å²) in [7, 11) is -2.38. The van der Waals surface area contributed by atoms with Gasteiger partial charge in [0.1, 0.15) is 10.5 Å². The zero-order valence-electron chi connectivity index (χ0n) is 15.7. The van der Waals surface area contributed by atoms with Crippen molar-refractivity contribution in [3.63, 3.8) is 0 Å². The van der Waals surface area contributed by atoms with Crippen LogP contribution in [0.3, 0.4) is 0 Å². The van der Waals surface area contributed by atoms with Crippen molar-refractivity contribution in [2.45, 2.75) is 30.2 Å². The average Bonchev–Trinajstić information content (AvgIpc) is 3.40. The molecule has 152 valence electrons. The lowest BCUT2D eigenvalue weighted by molar-refractivity contribution is 0.201. The standard InChI is InChI=1S/C19H21N5O4S/c1-23(15-5-6-17(16(20)8-15)29(27,28)22-19(25)26)10-14-11-24-9-13(12-2-3-12)4-7-18(24)21-14/h4-9,11-12,22H,2-3,10,20H2,1H3,(H,25,26). The van der Waals surface area contributed by atoms with Gasteiger partial charge in [-0.3, -0.25) is 0 Å². The first-order valence-electron chi connectivity index (χ1n) is 9.07. The molecule has 4 rings (SSSR count). The maximum Gasteiger partial charge on any atom is 0.418 e. The van der Waals surface area contributed by atoms with Gasteiger partial charge in [0.2, 0.25) is 0 Å². The molecule has 0 radical (unpaired) electrons. The third-order valence-electron chi connectivity index (χ3n) is 4.92. The van der Waals surface area contributed by atoms with E-state index in [1.807, 2.05) is 28.6 Å². The van der Waals surface area contributed by atoms with E-state index in [1.54, 1.807) is 6.07 Å². The van der Waals surface area contributed by atoms with Crippen LogP contribution in [-0.4, -0.2) is 36.0 Å². The number of amides is 1. The molecule has 1 aromatic carbocycles. The van der Waals surface area contributed by atoms with Gasteiger partial charge in [0, 0.05) is 25.1 Å². The Bertz CT molecular complexity index is 1200. The van der Waals surface area contributed by atoms with Crippen LogP contribution in [0.5, 0.6) is 0 Å². The van der Waals surface area contributed by atoms with Crippen molar-refractivity contribution >= 4 is 33.1 Å². The molecule has 10 heteroatoms. The molecular weight excluding hydrogens is 394 g/mol. The molecule has 0 unspecified atom stereocenters. The van der Waals surface area contributed by atoms with Crippen molar-refractivity contribution in [2.75, 3.05) is 17.7 Å². The molecule has 1 aliphatic rings. The van der Waals surface area contributed by atoms with Gasteiger partial charge in [0.15, 0.2) is 0 Å². The molecule has 0 atom stereocenters. The Balaban J connectivity index is 1.53. The van der Waals surface area contributed by atoms with Crippen LogP contribution in [0.2, 0.25) is 0 Å². The Hall–Kier alpha value is -3.27. The number of carbonyl (C=O) groups is 1. The number of pyridine rings is 1. The monoisotopic (exact) mass is 415 g/mol. The number of aromatic nitrogens is 2. The fourth-order valence-electron chi connectivity index (χ4n) is 3.32. The third kappa shape index (κ3) is 3.97. The van der Waals surface area contributed by atoms with Crippen molar-refractivity contribution in [3.8, 4) is 0 Å². The highest BCUT2D eigenvalue weighted by atomic mass is 32.2. The van der Waals surface area contributed by atoms with Crippen LogP contribution in [-0.2, 0) is 16.6 Å². The maximum absolute atomic E-state index is 12.0. The summed E-state index contributed by atoms with van der Waals surface area (Å²) in [5, 5.41) is 8.67. The molecule has 4 N–H and O–H groups in total. The number of hydrogen-bond donors (Lipinski definition) is 3. The molecule has 3 aromatic rings. The largest absolute Gasteiger partial charge is 0.464 e. The lowest BCUT2D eigenvalue weighted by atomic mass is 10.2. The van der Waals surface area contributed by atoms with Crippen molar-refractivity contribution in [2.24, 2.45) is 0 Å². The topological polar surface area (TPSA) is 130 Å². The Kier molecular flexibility index (Phi) is 4.58. The van der Waals surface area contributed by atoms with E-state index in [0.717, 1.165) is 11.3 Å². The van der Waals surface area contributed by atoms with Gasteiger partial charge >= 0.3 is 6.09 Å². The van der Waals surface area contributed by atoms with Crippen molar-refractivity contribution in [3.05, 3.63) is 54.0 Å². The summed E-state index contributed by atoms with van der Waals surface area (Å²) in [5.74, 6) is 0.668. The van der Waals surface area contributed by atoms with Gasteiger partial charge < -0.3 is 20.1 Å². The number of carboxylic acid groups (broad SMARTS) is 1. The number of benzene rings is 1. The van der Waals surface area contributed by atoms with Gasteiger partial charge in [-0.05, 0) is 48.6 Å². The summed E-state index contributed by atoms with van der Waals surface area (Å²) in [6, 6.07) is 8.51. The summed E-state index contributed by atoms with van der Waals surface area (Å²) < 4.78 is 27.5. The predicted molar refractivity (Wildman–Crippen MR) is 108 cm³/mol. The van der Waals surface area contributed by atoms with Crippen LogP contribution in [0.4, 0.5) is 16.2 Å². The molecule has 2 heterocycles. The molecule has 2 aromatic heterocycles. The minimum atomic E-state index is -4.22. The molecule has 1 saturated carbocycles. The highest BCUT2D eigenvalue weighted by Gasteiger charge is 2.24. The average molecular weight is 415 g/mol. The van der Waals surface area contributed by atoms with E-state index in [4.69, 9.17) is 10.8 Å². The van der Waals surface area contributed by atoms with Gasteiger partial charge in [-0.2, -0.15) is 0 Å². The number of nitrogens with two attached hydrogens (primary N) is 1. The normalized spacial score (nSPS) is 14.1. The van der Waals surface area contributed by atoms with E-state index in [-0.39, 0.29) is 10.6 Å². The molecule has 0 bridgehead atoms. The summed E-state index contributed by atoms with van der Waals surface area (Å²) >= 11 is 0. The quantitative estimate of drug-likeness (QED) is 0.527. The molecule has 1 fully saturated rings. The van der Waals surface area contributed by atoms with Gasteiger partial charge in [-0.25, -0.2) is 22.9 Å². The molecule has 0 aliphatic heterocycles. The van der Waals surface area contributed by atoms with Crippen LogP contribution in [0.1, 0.15) is 30.0 Å². The van der Waals surface area contributed by atoms with Crippen LogP contribution in [0, 0.1) is 0 Å². The number of nitrogens with one attached hydrogen (secondary N) is 1. The summed E-state index contributed by atoms with van der Waals surface area (Å²) in [6.07, 6.45) is 4.92. The van der Waals surface area contributed by atoms with Gasteiger partial charge in [0.25, 0.3) is 10.0 Å². The van der Waals surface area contributed by atoms with E-state index in [9.17, 15) is 13.2 Å². The highest BCUT2D eigenvalue weighted by molar-refractivity contribution is 7.90. The molecule has 0 spiro atoms. The first-order chi connectivity index (χ1) is 13.7. The van der Waals surface area contributed by atoms with Gasteiger partial charge in [-0.15, -0.1) is 0 Å².